The third-order valence-corrected chi connectivity index (χ3v) is 2.34. The highest BCUT2D eigenvalue weighted by Gasteiger charge is 1.98. The van der Waals surface area contributed by atoms with Crippen LogP contribution in [-0.4, -0.2) is 32.3 Å². The molecule has 0 amide bonds. The zero-order valence-corrected chi connectivity index (χ0v) is 14.6. The SMILES string of the molecule is COCCNC(N)=NCc1ccc(OC(C)C)cc1.I. The second kappa shape index (κ2) is 10.7. The van der Waals surface area contributed by atoms with Gasteiger partial charge in [0, 0.05) is 13.7 Å². The van der Waals surface area contributed by atoms with Crippen LogP contribution in [0.5, 0.6) is 5.75 Å². The van der Waals surface area contributed by atoms with E-state index in [0.29, 0.717) is 25.7 Å². The Kier molecular flexibility index (Phi) is 10.2. The van der Waals surface area contributed by atoms with Gasteiger partial charge in [-0.2, -0.15) is 0 Å². The minimum Gasteiger partial charge on any atom is -0.491 e. The zero-order valence-electron chi connectivity index (χ0n) is 12.3. The van der Waals surface area contributed by atoms with Crippen molar-refractivity contribution in [1.82, 2.24) is 5.32 Å². The van der Waals surface area contributed by atoms with E-state index in [0.717, 1.165) is 11.3 Å². The Labute approximate surface area is 138 Å². The molecule has 0 heterocycles. The number of nitrogens with two attached hydrogens (primary N) is 1. The van der Waals surface area contributed by atoms with E-state index < -0.39 is 0 Å². The van der Waals surface area contributed by atoms with Crippen LogP contribution in [0, 0.1) is 0 Å². The largest absolute Gasteiger partial charge is 0.491 e. The second-order valence-corrected chi connectivity index (χ2v) is 4.43. The highest BCUT2D eigenvalue weighted by Crippen LogP contribution is 2.14. The molecule has 1 aromatic carbocycles. The van der Waals surface area contributed by atoms with E-state index in [1.807, 2.05) is 38.1 Å². The fraction of sp³-hybridized carbons (Fsp3) is 0.500. The number of methoxy groups -OCH3 is 1. The van der Waals surface area contributed by atoms with Gasteiger partial charge in [-0.3, -0.25) is 0 Å². The quantitative estimate of drug-likeness (QED) is 0.322. The van der Waals surface area contributed by atoms with Gasteiger partial charge in [-0.25, -0.2) is 4.99 Å². The van der Waals surface area contributed by atoms with Crippen LogP contribution in [0.25, 0.3) is 0 Å². The van der Waals surface area contributed by atoms with E-state index in [-0.39, 0.29) is 30.1 Å². The summed E-state index contributed by atoms with van der Waals surface area (Å²) >= 11 is 0. The van der Waals surface area contributed by atoms with Crippen LogP contribution in [0.3, 0.4) is 0 Å². The minimum absolute atomic E-state index is 0. The molecule has 0 aliphatic heterocycles. The van der Waals surface area contributed by atoms with E-state index >= 15 is 0 Å². The maximum Gasteiger partial charge on any atom is 0.188 e. The summed E-state index contributed by atoms with van der Waals surface area (Å²) in [6.45, 7) is 5.83. The Bertz CT molecular complexity index is 394. The molecule has 0 bridgehead atoms. The Morgan fingerprint density at radius 1 is 1.30 bits per heavy atom. The van der Waals surface area contributed by atoms with Gasteiger partial charge in [0.2, 0.25) is 0 Å². The van der Waals surface area contributed by atoms with E-state index in [1.165, 1.54) is 0 Å². The number of rotatable bonds is 7. The Morgan fingerprint density at radius 2 is 1.95 bits per heavy atom. The molecule has 1 aromatic rings. The number of halogens is 1. The van der Waals surface area contributed by atoms with Crippen molar-refractivity contribution >= 4 is 29.9 Å². The van der Waals surface area contributed by atoms with Crippen LogP contribution < -0.4 is 15.8 Å². The molecule has 0 aliphatic rings. The molecule has 0 aromatic heterocycles. The molecular weight excluding hydrogens is 369 g/mol. The standard InChI is InChI=1S/C14H23N3O2.HI/c1-11(2)19-13-6-4-12(5-7-13)10-17-14(15)16-8-9-18-3;/h4-7,11H,8-10H2,1-3H3,(H3,15,16,17);1H. The van der Waals surface area contributed by atoms with E-state index in [9.17, 15) is 0 Å². The van der Waals surface area contributed by atoms with Crippen molar-refractivity contribution in [3.63, 3.8) is 0 Å². The summed E-state index contributed by atoms with van der Waals surface area (Å²) in [5.41, 5.74) is 6.81. The summed E-state index contributed by atoms with van der Waals surface area (Å²) in [4.78, 5) is 4.24. The number of ether oxygens (including phenoxy) is 2. The number of nitrogens with one attached hydrogen (secondary N) is 1. The first-order valence-electron chi connectivity index (χ1n) is 6.40. The number of aliphatic imine (C=N–C) groups is 1. The smallest absolute Gasteiger partial charge is 0.188 e. The highest BCUT2D eigenvalue weighted by molar-refractivity contribution is 14.0. The number of guanidine groups is 1. The minimum atomic E-state index is 0. The van der Waals surface area contributed by atoms with Crippen LogP contribution in [0.15, 0.2) is 29.3 Å². The van der Waals surface area contributed by atoms with Crippen molar-refractivity contribution in [3.8, 4) is 5.75 Å². The maximum absolute atomic E-state index is 5.72. The number of hydrogen-bond acceptors (Lipinski definition) is 3. The summed E-state index contributed by atoms with van der Waals surface area (Å²) in [6.07, 6.45) is 0.185. The highest BCUT2D eigenvalue weighted by atomic mass is 127. The van der Waals surface area contributed by atoms with Gasteiger partial charge in [-0.1, -0.05) is 12.1 Å². The monoisotopic (exact) mass is 393 g/mol. The van der Waals surface area contributed by atoms with Crippen molar-refractivity contribution in [2.24, 2.45) is 10.7 Å². The molecule has 20 heavy (non-hydrogen) atoms. The molecule has 0 unspecified atom stereocenters. The number of nitrogens with zero attached hydrogens (tertiary/aromatic N) is 1. The van der Waals surface area contributed by atoms with Crippen molar-refractivity contribution < 1.29 is 9.47 Å². The number of hydrogen-bond donors (Lipinski definition) is 2. The third kappa shape index (κ3) is 8.21. The fourth-order valence-corrected chi connectivity index (χ4v) is 1.46. The molecule has 0 aliphatic carbocycles. The first-order valence-corrected chi connectivity index (χ1v) is 6.40. The lowest BCUT2D eigenvalue weighted by Crippen LogP contribution is -2.34. The molecule has 0 saturated heterocycles. The molecular formula is C14H24IN3O2. The summed E-state index contributed by atoms with van der Waals surface area (Å²) in [5.74, 6) is 1.30. The van der Waals surface area contributed by atoms with E-state index in [2.05, 4.69) is 10.3 Å². The van der Waals surface area contributed by atoms with Crippen molar-refractivity contribution in [2.45, 2.75) is 26.5 Å². The third-order valence-electron chi connectivity index (χ3n) is 2.34. The summed E-state index contributed by atoms with van der Waals surface area (Å²) in [5, 5.41) is 2.97. The van der Waals surface area contributed by atoms with Crippen molar-refractivity contribution in [2.75, 3.05) is 20.3 Å². The molecule has 0 fully saturated rings. The molecule has 5 nitrogen and oxygen atoms in total. The summed E-state index contributed by atoms with van der Waals surface area (Å²) in [6, 6.07) is 7.87. The second-order valence-electron chi connectivity index (χ2n) is 4.43. The molecule has 114 valence electrons. The van der Waals surface area contributed by atoms with Crippen LogP contribution in [0.1, 0.15) is 19.4 Å². The Morgan fingerprint density at radius 3 is 2.50 bits per heavy atom. The maximum atomic E-state index is 5.72. The fourth-order valence-electron chi connectivity index (χ4n) is 1.46. The van der Waals surface area contributed by atoms with E-state index in [1.54, 1.807) is 7.11 Å². The lowest BCUT2D eigenvalue weighted by Gasteiger charge is -2.09. The first-order chi connectivity index (χ1) is 9.11. The van der Waals surface area contributed by atoms with Crippen LogP contribution >= 0.6 is 24.0 Å². The predicted octanol–water partition coefficient (Wildman–Crippen LogP) is 2.14. The lowest BCUT2D eigenvalue weighted by atomic mass is 10.2. The van der Waals surface area contributed by atoms with Crippen LogP contribution in [0.2, 0.25) is 0 Å². The average Bonchev–Trinajstić information content (AvgIpc) is 2.37. The summed E-state index contributed by atoms with van der Waals surface area (Å²) in [7, 11) is 1.65. The van der Waals surface area contributed by atoms with Gasteiger partial charge in [0.1, 0.15) is 5.75 Å². The van der Waals surface area contributed by atoms with Gasteiger partial charge in [0.05, 0.1) is 19.3 Å². The molecule has 0 spiro atoms. The summed E-state index contributed by atoms with van der Waals surface area (Å²) < 4.78 is 10.5. The topological polar surface area (TPSA) is 68.9 Å². The van der Waals surface area contributed by atoms with Gasteiger partial charge in [0.25, 0.3) is 0 Å². The normalized spacial score (nSPS) is 11.1. The molecule has 0 atom stereocenters. The van der Waals surface area contributed by atoms with Gasteiger partial charge >= 0.3 is 0 Å². The molecule has 6 heteroatoms. The Hall–Kier alpha value is -1.02. The molecule has 0 saturated carbocycles. The molecule has 3 N–H and O–H groups in total. The van der Waals surface area contributed by atoms with Gasteiger partial charge in [-0.05, 0) is 31.5 Å². The van der Waals surface area contributed by atoms with Gasteiger partial charge in [-0.15, -0.1) is 24.0 Å². The first kappa shape index (κ1) is 19.0. The van der Waals surface area contributed by atoms with Gasteiger partial charge in [0.15, 0.2) is 5.96 Å². The molecule has 0 radical (unpaired) electrons. The predicted molar refractivity (Wildman–Crippen MR) is 92.8 cm³/mol. The zero-order chi connectivity index (χ0) is 14.1. The van der Waals surface area contributed by atoms with Crippen LogP contribution in [0.4, 0.5) is 0 Å². The molecule has 1 rings (SSSR count). The van der Waals surface area contributed by atoms with Crippen LogP contribution in [-0.2, 0) is 11.3 Å². The Balaban J connectivity index is 0.00000361. The lowest BCUT2D eigenvalue weighted by molar-refractivity contribution is 0.204. The van der Waals surface area contributed by atoms with Crippen molar-refractivity contribution in [1.29, 1.82) is 0 Å². The van der Waals surface area contributed by atoms with Gasteiger partial charge < -0.3 is 20.5 Å². The van der Waals surface area contributed by atoms with E-state index in [4.69, 9.17) is 15.2 Å². The number of benzene rings is 1. The van der Waals surface area contributed by atoms with Crippen molar-refractivity contribution in [3.05, 3.63) is 29.8 Å². The average molecular weight is 393 g/mol.